The Morgan fingerprint density at radius 3 is 1.73 bits per heavy atom. The Balaban J connectivity index is 1.88. The van der Waals surface area contributed by atoms with E-state index in [4.69, 9.17) is 4.74 Å². The van der Waals surface area contributed by atoms with E-state index >= 15 is 0 Å². The van der Waals surface area contributed by atoms with E-state index in [1.807, 2.05) is 18.2 Å². The summed E-state index contributed by atoms with van der Waals surface area (Å²) in [5.41, 5.74) is 3.46. The summed E-state index contributed by atoms with van der Waals surface area (Å²) in [6, 6.07) is 3.34. The minimum absolute atomic E-state index is 0.0303. The monoisotopic (exact) mass is 688 g/mol. The van der Waals surface area contributed by atoms with Gasteiger partial charge in [-0.25, -0.2) is 9.80 Å². The van der Waals surface area contributed by atoms with Crippen LogP contribution in [0.3, 0.4) is 0 Å². The Hall–Kier alpha value is -4.73. The van der Waals surface area contributed by atoms with Crippen LogP contribution in [0.4, 0.5) is 4.79 Å². The van der Waals surface area contributed by atoms with E-state index in [2.05, 4.69) is 37.3 Å². The van der Waals surface area contributed by atoms with Crippen molar-refractivity contribution in [3.63, 3.8) is 0 Å². The van der Waals surface area contributed by atoms with E-state index in [0.717, 1.165) is 5.56 Å². The van der Waals surface area contributed by atoms with Crippen molar-refractivity contribution in [2.45, 2.75) is 117 Å². The molecule has 1 aliphatic heterocycles. The molecule has 1 heterocycles. The van der Waals surface area contributed by atoms with E-state index in [1.165, 1.54) is 32.7 Å². The quantitative estimate of drug-likeness (QED) is 0.124. The maximum Gasteiger partial charge on any atom is 0.408 e. The molecule has 0 saturated carbocycles. The molecule has 7 amide bonds. The fourth-order valence-corrected chi connectivity index (χ4v) is 4.79. The van der Waals surface area contributed by atoms with Crippen LogP contribution in [0.5, 0.6) is 0 Å². The third kappa shape index (κ3) is 13.4. The highest BCUT2D eigenvalue weighted by Gasteiger charge is 2.36. The van der Waals surface area contributed by atoms with Gasteiger partial charge in [0.05, 0.1) is 0 Å². The van der Waals surface area contributed by atoms with Crippen molar-refractivity contribution in [3.05, 3.63) is 35.9 Å². The Labute approximate surface area is 287 Å². The molecule has 0 spiro atoms. The summed E-state index contributed by atoms with van der Waals surface area (Å²) >= 11 is 0. The van der Waals surface area contributed by atoms with Crippen molar-refractivity contribution in [1.29, 1.82) is 0 Å². The summed E-state index contributed by atoms with van der Waals surface area (Å²) in [7, 11) is 0. The lowest BCUT2D eigenvalue weighted by atomic mass is 10.0. The molecular weight excluding hydrogens is 636 g/mol. The molecule has 1 aromatic carbocycles. The van der Waals surface area contributed by atoms with Gasteiger partial charge < -0.3 is 36.6 Å². The van der Waals surface area contributed by atoms with E-state index in [-0.39, 0.29) is 24.5 Å². The summed E-state index contributed by atoms with van der Waals surface area (Å²) in [5, 5.41) is 17.0. The lowest BCUT2D eigenvalue weighted by molar-refractivity contribution is -0.137. The topological polar surface area (TPSA) is 216 Å². The highest BCUT2D eigenvalue weighted by Crippen LogP contribution is 2.16. The fourth-order valence-electron chi connectivity index (χ4n) is 4.79. The molecule has 0 unspecified atom stereocenters. The van der Waals surface area contributed by atoms with Crippen LogP contribution in [0.1, 0.15) is 73.8 Å². The van der Waals surface area contributed by atoms with Crippen LogP contribution in [-0.4, -0.2) is 95.4 Å². The Kier molecular flexibility index (Phi) is 15.9. The number of ether oxygens (including phenoxy) is 1. The van der Waals surface area contributed by atoms with Crippen LogP contribution in [0.2, 0.25) is 0 Å². The van der Waals surface area contributed by atoms with E-state index < -0.39 is 71.9 Å². The van der Waals surface area contributed by atoms with Crippen molar-refractivity contribution in [1.82, 2.24) is 42.3 Å². The van der Waals surface area contributed by atoms with Gasteiger partial charge in [0.25, 0.3) is 5.91 Å². The summed E-state index contributed by atoms with van der Waals surface area (Å²) in [4.78, 5) is 89.0. The van der Waals surface area contributed by atoms with Gasteiger partial charge in [-0.1, -0.05) is 44.2 Å². The van der Waals surface area contributed by atoms with Crippen molar-refractivity contribution >= 4 is 41.5 Å². The van der Waals surface area contributed by atoms with Crippen LogP contribution in [-0.2, 0) is 40.1 Å². The number of alkyl carbamates (subject to hydrolysis) is 1. The molecule has 0 bridgehead atoms. The molecule has 1 aromatic rings. The van der Waals surface area contributed by atoms with Gasteiger partial charge in [0.2, 0.25) is 29.5 Å². The number of carbonyl (C=O) groups is 7. The van der Waals surface area contributed by atoms with Crippen molar-refractivity contribution in [3.8, 4) is 0 Å². The lowest BCUT2D eigenvalue weighted by Crippen LogP contribution is -2.60. The fraction of sp³-hybridized carbons (Fsp3) is 0.606. The molecule has 0 radical (unpaired) electrons. The standard InChI is InChI=1S/C33H52N8O8/c1-18(2)26(32(47)37-21(6)28(43)35-20(5)27(42)34-19(3)4)39-31(46)25-15-12-16-41(25)40-30(45)23(8)36-29(44)22(7)38-33(48)49-17-24-13-10-9-11-14-24/h9-11,13-14,18-23,25-26H,12,15-17H2,1-8H3,(H,34,42)(H,35,43)(H,36,44)(H,37,47)(H,38,48)(H,39,46)(H,40,45)/t20-,21-,22-,23-,25-,26-/m0/s1. The molecule has 7 N–H and O–H groups in total. The first-order valence-electron chi connectivity index (χ1n) is 16.6. The predicted molar refractivity (Wildman–Crippen MR) is 180 cm³/mol. The molecule has 0 aromatic heterocycles. The number of hydrogen-bond donors (Lipinski definition) is 7. The number of carbonyl (C=O) groups excluding carboxylic acids is 7. The van der Waals surface area contributed by atoms with Gasteiger partial charge >= 0.3 is 6.09 Å². The maximum atomic E-state index is 13.3. The van der Waals surface area contributed by atoms with Gasteiger partial charge in [0.15, 0.2) is 0 Å². The van der Waals surface area contributed by atoms with Crippen LogP contribution < -0.4 is 37.3 Å². The Bertz CT molecular complexity index is 1320. The van der Waals surface area contributed by atoms with E-state index in [1.54, 1.807) is 39.8 Å². The second-order valence-electron chi connectivity index (χ2n) is 12.8. The molecule has 272 valence electrons. The van der Waals surface area contributed by atoms with Crippen molar-refractivity contribution in [2.75, 3.05) is 6.54 Å². The summed E-state index contributed by atoms with van der Waals surface area (Å²) in [6.45, 7) is 13.4. The van der Waals surface area contributed by atoms with Crippen LogP contribution in [0, 0.1) is 5.92 Å². The van der Waals surface area contributed by atoms with Gasteiger partial charge in [-0.15, -0.1) is 0 Å². The van der Waals surface area contributed by atoms with Crippen molar-refractivity contribution < 1.29 is 38.3 Å². The second kappa shape index (κ2) is 19.3. The number of amides is 7. The van der Waals surface area contributed by atoms with Gasteiger partial charge in [0.1, 0.15) is 42.9 Å². The number of hydrazine groups is 1. The molecular formula is C33H52N8O8. The first-order valence-corrected chi connectivity index (χ1v) is 16.6. The number of nitrogens with one attached hydrogen (secondary N) is 7. The molecule has 49 heavy (non-hydrogen) atoms. The molecule has 1 aliphatic rings. The SMILES string of the molecule is CC(C)NC(=O)[C@H](C)NC(=O)[C@H](C)NC(=O)[C@@H](NC(=O)[C@@H]1CCCN1NC(=O)[C@H](C)NC(=O)[C@H](C)NC(=O)OCc1ccccc1)C(C)C. The lowest BCUT2D eigenvalue weighted by Gasteiger charge is -2.29. The second-order valence-corrected chi connectivity index (χ2v) is 12.8. The summed E-state index contributed by atoms with van der Waals surface area (Å²) < 4.78 is 5.13. The Morgan fingerprint density at radius 2 is 1.18 bits per heavy atom. The molecule has 6 atom stereocenters. The molecule has 2 rings (SSSR count). The molecule has 16 heteroatoms. The van der Waals surface area contributed by atoms with Gasteiger partial charge in [0, 0.05) is 12.6 Å². The largest absolute Gasteiger partial charge is 0.445 e. The highest BCUT2D eigenvalue weighted by atomic mass is 16.5. The zero-order valence-electron chi connectivity index (χ0n) is 29.5. The van der Waals surface area contributed by atoms with Crippen LogP contribution in [0.15, 0.2) is 30.3 Å². The average Bonchev–Trinajstić information content (AvgIpc) is 3.50. The number of nitrogens with zero attached hydrogens (tertiary/aromatic N) is 1. The van der Waals surface area contributed by atoms with Crippen LogP contribution in [0.25, 0.3) is 0 Å². The van der Waals surface area contributed by atoms with Crippen molar-refractivity contribution in [2.24, 2.45) is 5.92 Å². The summed E-state index contributed by atoms with van der Waals surface area (Å²) in [5.74, 6) is -3.54. The highest BCUT2D eigenvalue weighted by molar-refractivity contribution is 5.95. The molecule has 16 nitrogen and oxygen atoms in total. The molecule has 1 saturated heterocycles. The number of benzene rings is 1. The zero-order valence-corrected chi connectivity index (χ0v) is 29.5. The van der Waals surface area contributed by atoms with Crippen LogP contribution >= 0.6 is 0 Å². The van der Waals surface area contributed by atoms with E-state index in [0.29, 0.717) is 19.4 Å². The van der Waals surface area contributed by atoms with Gasteiger partial charge in [-0.05, 0) is 65.9 Å². The maximum absolute atomic E-state index is 13.3. The van der Waals surface area contributed by atoms with Gasteiger partial charge in [-0.2, -0.15) is 0 Å². The minimum Gasteiger partial charge on any atom is -0.445 e. The third-order valence-electron chi connectivity index (χ3n) is 7.68. The Morgan fingerprint density at radius 1 is 0.673 bits per heavy atom. The molecule has 1 fully saturated rings. The predicted octanol–water partition coefficient (Wildman–Crippen LogP) is -0.0236. The third-order valence-corrected chi connectivity index (χ3v) is 7.68. The average molecular weight is 689 g/mol. The number of rotatable bonds is 16. The van der Waals surface area contributed by atoms with E-state index in [9.17, 15) is 33.6 Å². The zero-order chi connectivity index (χ0) is 36.8. The van der Waals surface area contributed by atoms with Gasteiger partial charge in [-0.3, -0.25) is 34.2 Å². The first kappa shape index (κ1) is 40.4. The smallest absolute Gasteiger partial charge is 0.408 e. The summed E-state index contributed by atoms with van der Waals surface area (Å²) in [6.07, 6.45) is 0.200. The molecule has 0 aliphatic carbocycles. The first-order chi connectivity index (χ1) is 23.0. The minimum atomic E-state index is -1.01. The number of hydrogen-bond acceptors (Lipinski definition) is 9. The normalized spacial score (nSPS) is 17.5.